The first-order chi connectivity index (χ1) is 17.9. The maximum Gasteiger partial charge on any atom is 0.387 e. The fourth-order valence-electron chi connectivity index (χ4n) is 5.32. The van der Waals surface area contributed by atoms with E-state index in [9.17, 15) is 13.6 Å². The average Bonchev–Trinajstić information content (AvgIpc) is 3.32. The zero-order chi connectivity index (χ0) is 26.2. The van der Waals surface area contributed by atoms with Gasteiger partial charge in [-0.15, -0.1) is 0 Å². The van der Waals surface area contributed by atoms with Crippen molar-refractivity contribution >= 4 is 48.0 Å². The van der Waals surface area contributed by atoms with E-state index in [1.165, 1.54) is 12.8 Å². The number of rotatable bonds is 11. The molecule has 4 rings (SSSR count). The Kier molecular flexibility index (Phi) is 10.5. The number of anilines is 2. The Morgan fingerprint density at radius 2 is 1.92 bits per heavy atom. The second-order valence-corrected chi connectivity index (χ2v) is 12.3. The molecule has 2 aliphatic carbocycles. The smallest absolute Gasteiger partial charge is 0.387 e. The van der Waals surface area contributed by atoms with Crippen LogP contribution in [0.2, 0.25) is 0 Å². The molecule has 4 unspecified atom stereocenters. The van der Waals surface area contributed by atoms with E-state index < -0.39 is 6.61 Å². The zero-order valence-electron chi connectivity index (χ0n) is 21.4. The first-order valence-electron chi connectivity index (χ1n) is 13.1. The van der Waals surface area contributed by atoms with Crippen LogP contribution in [0.3, 0.4) is 0 Å². The predicted octanol–water partition coefficient (Wildman–Crippen LogP) is 6.04. The van der Waals surface area contributed by atoms with E-state index in [0.717, 1.165) is 45.2 Å². The summed E-state index contributed by atoms with van der Waals surface area (Å²) in [5.41, 5.74) is 0.447. The second kappa shape index (κ2) is 13.8. The minimum Gasteiger partial charge on any atom is -0.439 e. The third kappa shape index (κ3) is 8.07. The van der Waals surface area contributed by atoms with Crippen LogP contribution >= 0.6 is 23.7 Å². The summed E-state index contributed by atoms with van der Waals surface area (Å²) >= 11 is 3.87. The fraction of sp³-hybridized carbons (Fsp3) is 0.654. The number of ether oxygens (including phenoxy) is 1. The van der Waals surface area contributed by atoms with Gasteiger partial charge in [0.1, 0.15) is 11.6 Å². The van der Waals surface area contributed by atoms with Gasteiger partial charge in [0.05, 0.1) is 0 Å². The van der Waals surface area contributed by atoms with Crippen LogP contribution in [-0.4, -0.2) is 63.2 Å². The van der Waals surface area contributed by atoms with Gasteiger partial charge in [-0.25, -0.2) is 9.29 Å². The number of thioether (sulfide) groups is 1. The lowest BCUT2D eigenvalue weighted by molar-refractivity contribution is -0.106. The fourth-order valence-corrected chi connectivity index (χ4v) is 7.15. The van der Waals surface area contributed by atoms with E-state index in [2.05, 4.69) is 43.3 Å². The van der Waals surface area contributed by atoms with Gasteiger partial charge in [0.2, 0.25) is 12.4 Å². The lowest BCUT2D eigenvalue weighted by Gasteiger charge is -2.34. The molecule has 11 heteroatoms. The largest absolute Gasteiger partial charge is 0.439 e. The van der Waals surface area contributed by atoms with E-state index in [-0.39, 0.29) is 29.5 Å². The maximum absolute atomic E-state index is 13.1. The summed E-state index contributed by atoms with van der Waals surface area (Å²) in [6, 6.07) is 0.224. The third-order valence-corrected chi connectivity index (χ3v) is 9.74. The molecule has 0 aromatic carbocycles. The standard InChI is InChI=1S/C26H37F2N5O2S2/c1-17-4-3-5-22(17)23(35-25(27)28)14-18-15-29-26(32-24(18)30-16-34)31-19-10-12-33(13-11-19)37-21-8-6-20(36-2)7-9-21/h6,8,14-17,19-22,25H,3-5,7,9-13H2,1-2H3,(H2,29,30,31,32,34)/b23-14+. The molecule has 4 atom stereocenters. The van der Waals surface area contributed by atoms with Gasteiger partial charge in [0, 0.05) is 47.3 Å². The topological polar surface area (TPSA) is 79.4 Å². The number of carbonyl (C=O) groups excluding carboxylic acids is 1. The molecule has 1 amide bonds. The average molecular weight is 554 g/mol. The third-order valence-electron chi connectivity index (χ3n) is 7.41. The number of nitrogens with one attached hydrogen (secondary N) is 2. The minimum absolute atomic E-state index is 0.0880. The van der Waals surface area contributed by atoms with E-state index in [1.807, 2.05) is 30.6 Å². The highest BCUT2D eigenvalue weighted by Crippen LogP contribution is 2.39. The molecule has 1 saturated carbocycles. The van der Waals surface area contributed by atoms with Gasteiger partial charge in [-0.3, -0.25) is 4.79 Å². The van der Waals surface area contributed by atoms with Crippen molar-refractivity contribution in [2.45, 2.75) is 75.0 Å². The van der Waals surface area contributed by atoms with E-state index in [4.69, 9.17) is 4.74 Å². The van der Waals surface area contributed by atoms with Crippen LogP contribution in [0.15, 0.2) is 24.1 Å². The van der Waals surface area contributed by atoms with Gasteiger partial charge >= 0.3 is 6.61 Å². The maximum atomic E-state index is 13.1. The first-order valence-corrected chi connectivity index (χ1v) is 15.2. The molecule has 2 heterocycles. The Labute approximate surface area is 226 Å². The molecular formula is C26H37F2N5O2S2. The number of nitrogens with zero attached hydrogens (tertiary/aromatic N) is 3. The first kappa shape index (κ1) is 28.2. The highest BCUT2D eigenvalue weighted by Gasteiger charge is 2.30. The molecular weight excluding hydrogens is 516 g/mol. The van der Waals surface area contributed by atoms with Crippen LogP contribution in [0.5, 0.6) is 0 Å². The van der Waals surface area contributed by atoms with Gasteiger partial charge in [0.25, 0.3) is 0 Å². The molecule has 204 valence electrons. The molecule has 0 spiro atoms. The van der Waals surface area contributed by atoms with Crippen LogP contribution in [0.1, 0.15) is 57.4 Å². The summed E-state index contributed by atoms with van der Waals surface area (Å²) in [4.78, 5) is 20.2. The molecule has 3 aliphatic rings. The van der Waals surface area contributed by atoms with Gasteiger partial charge < -0.3 is 15.4 Å². The van der Waals surface area contributed by atoms with Crippen molar-refractivity contribution in [1.82, 2.24) is 14.3 Å². The monoisotopic (exact) mass is 553 g/mol. The van der Waals surface area contributed by atoms with Crippen molar-refractivity contribution < 1.29 is 18.3 Å². The van der Waals surface area contributed by atoms with Crippen molar-refractivity contribution in [1.29, 1.82) is 0 Å². The molecule has 1 aromatic heterocycles. The van der Waals surface area contributed by atoms with Crippen molar-refractivity contribution in [3.63, 3.8) is 0 Å². The van der Waals surface area contributed by atoms with Crippen molar-refractivity contribution in [2.75, 3.05) is 30.0 Å². The molecule has 0 bridgehead atoms. The quantitative estimate of drug-likeness (QED) is 0.149. The molecule has 1 aliphatic heterocycles. The summed E-state index contributed by atoms with van der Waals surface area (Å²) in [5, 5.41) is 7.19. The van der Waals surface area contributed by atoms with Crippen LogP contribution < -0.4 is 10.6 Å². The van der Waals surface area contributed by atoms with E-state index in [1.54, 1.807) is 12.3 Å². The lowest BCUT2D eigenvalue weighted by Crippen LogP contribution is -2.37. The number of hydrogen-bond donors (Lipinski definition) is 2. The Balaban J connectivity index is 1.37. The Morgan fingerprint density at radius 3 is 2.54 bits per heavy atom. The van der Waals surface area contributed by atoms with Crippen molar-refractivity contribution in [3.8, 4) is 0 Å². The Morgan fingerprint density at radius 1 is 1.16 bits per heavy atom. The summed E-state index contributed by atoms with van der Waals surface area (Å²) in [7, 11) is 0. The highest BCUT2D eigenvalue weighted by atomic mass is 32.2. The number of allylic oxidation sites excluding steroid dienone is 1. The van der Waals surface area contributed by atoms with Crippen molar-refractivity contribution in [3.05, 3.63) is 29.7 Å². The van der Waals surface area contributed by atoms with Gasteiger partial charge in [-0.1, -0.05) is 37.4 Å². The summed E-state index contributed by atoms with van der Waals surface area (Å²) < 4.78 is 33.6. The zero-order valence-corrected chi connectivity index (χ0v) is 23.1. The number of alkyl halides is 2. The highest BCUT2D eigenvalue weighted by molar-refractivity contribution is 7.99. The number of piperidine rings is 1. The molecule has 1 aromatic rings. The van der Waals surface area contributed by atoms with Gasteiger partial charge in [-0.05, 0) is 56.8 Å². The number of aromatic nitrogens is 2. The molecule has 2 N–H and O–H groups in total. The number of amides is 1. The summed E-state index contributed by atoms with van der Waals surface area (Å²) in [6.45, 7) is 1.10. The normalized spacial score (nSPS) is 27.4. The van der Waals surface area contributed by atoms with E-state index in [0.29, 0.717) is 28.4 Å². The lowest BCUT2D eigenvalue weighted by atomic mass is 9.95. The summed E-state index contributed by atoms with van der Waals surface area (Å²) in [6.07, 6.45) is 17.6. The minimum atomic E-state index is -2.91. The number of halogens is 2. The van der Waals surface area contributed by atoms with Crippen LogP contribution in [0.4, 0.5) is 20.5 Å². The molecule has 0 radical (unpaired) electrons. The SMILES string of the molecule is CSC1C=CC(SN2CCC(Nc3ncc(/C=C(/OC(F)F)C4CCCC4C)c(NC=O)n3)CC2)CC1. The Bertz CT molecular complexity index is 959. The van der Waals surface area contributed by atoms with Gasteiger partial charge in [0.15, 0.2) is 0 Å². The summed E-state index contributed by atoms with van der Waals surface area (Å²) in [5.74, 6) is 1.07. The predicted molar refractivity (Wildman–Crippen MR) is 149 cm³/mol. The van der Waals surface area contributed by atoms with Crippen molar-refractivity contribution in [2.24, 2.45) is 11.8 Å². The van der Waals surface area contributed by atoms with Crippen LogP contribution in [-0.2, 0) is 9.53 Å². The molecule has 37 heavy (non-hydrogen) atoms. The number of hydrogen-bond acceptors (Lipinski definition) is 8. The molecule has 7 nitrogen and oxygen atoms in total. The number of carbonyl (C=O) groups is 1. The van der Waals surface area contributed by atoms with Gasteiger partial charge in [-0.2, -0.15) is 25.5 Å². The van der Waals surface area contributed by atoms with E-state index >= 15 is 0 Å². The van der Waals surface area contributed by atoms with Crippen LogP contribution in [0, 0.1) is 11.8 Å². The Hall–Kier alpha value is -1.85. The molecule has 1 saturated heterocycles. The van der Waals surface area contributed by atoms with Crippen LogP contribution in [0.25, 0.3) is 6.08 Å². The molecule has 2 fully saturated rings. The second-order valence-electron chi connectivity index (χ2n) is 9.93.